The summed E-state index contributed by atoms with van der Waals surface area (Å²) in [5.74, 6) is 0.173. The van der Waals surface area contributed by atoms with E-state index in [1.807, 2.05) is 4.90 Å². The molecule has 116 valence electrons. The number of thioether (sulfide) groups is 1. The van der Waals surface area contributed by atoms with Crippen LogP contribution in [0.1, 0.15) is 12.8 Å². The fourth-order valence-corrected chi connectivity index (χ4v) is 3.84. The molecule has 8 heteroatoms. The fraction of sp³-hybridized carbons (Fsp3) is 0.357. The third-order valence-corrected chi connectivity index (χ3v) is 5.26. The molecule has 2 heterocycles. The largest absolute Gasteiger partial charge is 0.342 e. The molecule has 1 aliphatic rings. The van der Waals surface area contributed by atoms with Crippen molar-refractivity contribution in [2.45, 2.75) is 17.2 Å². The average Bonchev–Trinajstić information content (AvgIpc) is 3.19. The van der Waals surface area contributed by atoms with Gasteiger partial charge in [0.1, 0.15) is 5.82 Å². The van der Waals surface area contributed by atoms with Gasteiger partial charge in [-0.25, -0.2) is 4.39 Å². The third-order valence-electron chi connectivity index (χ3n) is 3.30. The van der Waals surface area contributed by atoms with E-state index < -0.39 is 0 Å². The van der Waals surface area contributed by atoms with E-state index in [0.29, 0.717) is 20.9 Å². The molecule has 0 radical (unpaired) electrons. The van der Waals surface area contributed by atoms with Crippen molar-refractivity contribution in [1.29, 1.82) is 0 Å². The van der Waals surface area contributed by atoms with Crippen LogP contribution in [-0.4, -0.2) is 39.8 Å². The summed E-state index contributed by atoms with van der Waals surface area (Å²) < 4.78 is 14.2. The maximum absolute atomic E-state index is 13.5. The van der Waals surface area contributed by atoms with Crippen LogP contribution in [0.3, 0.4) is 0 Å². The summed E-state index contributed by atoms with van der Waals surface area (Å²) in [7, 11) is 0. The molecule has 1 aromatic heterocycles. The van der Waals surface area contributed by atoms with E-state index >= 15 is 0 Å². The smallest absolute Gasteiger partial charge is 0.233 e. The van der Waals surface area contributed by atoms with E-state index in [4.69, 9.17) is 0 Å². The van der Waals surface area contributed by atoms with Crippen LogP contribution in [0.25, 0.3) is 0 Å². The van der Waals surface area contributed by atoms with Crippen molar-refractivity contribution >= 4 is 39.8 Å². The van der Waals surface area contributed by atoms with Crippen molar-refractivity contribution in [2.75, 3.05) is 24.2 Å². The molecular weight excluding hydrogens is 323 g/mol. The summed E-state index contributed by atoms with van der Waals surface area (Å²) >= 11 is 2.68. The lowest BCUT2D eigenvalue weighted by Gasteiger charge is -2.13. The van der Waals surface area contributed by atoms with Crippen LogP contribution >= 0.6 is 23.1 Å². The van der Waals surface area contributed by atoms with Gasteiger partial charge in [0.25, 0.3) is 0 Å². The monoisotopic (exact) mass is 338 g/mol. The number of halogens is 1. The van der Waals surface area contributed by atoms with E-state index in [1.165, 1.54) is 29.2 Å². The maximum Gasteiger partial charge on any atom is 0.233 e. The molecule has 0 spiro atoms. The fourth-order valence-electron chi connectivity index (χ4n) is 2.18. The zero-order valence-corrected chi connectivity index (χ0v) is 13.4. The zero-order chi connectivity index (χ0) is 15.4. The summed E-state index contributed by atoms with van der Waals surface area (Å²) in [5.41, 5.74) is 0.364. The highest BCUT2D eigenvalue weighted by Crippen LogP contribution is 2.28. The number of aromatic nitrogens is 2. The first kappa shape index (κ1) is 15.2. The molecule has 1 aromatic carbocycles. The highest BCUT2D eigenvalue weighted by Gasteiger charge is 2.18. The van der Waals surface area contributed by atoms with Crippen LogP contribution in [0.4, 0.5) is 15.2 Å². The third kappa shape index (κ3) is 3.75. The van der Waals surface area contributed by atoms with Crippen LogP contribution in [-0.2, 0) is 4.79 Å². The molecule has 0 atom stereocenters. The molecule has 22 heavy (non-hydrogen) atoms. The van der Waals surface area contributed by atoms with Crippen LogP contribution in [0.15, 0.2) is 28.6 Å². The number of nitrogens with zero attached hydrogens (tertiary/aromatic N) is 3. The van der Waals surface area contributed by atoms with E-state index in [-0.39, 0.29) is 11.7 Å². The Hall–Kier alpha value is -1.67. The molecule has 1 saturated heterocycles. The van der Waals surface area contributed by atoms with Gasteiger partial charge in [-0.3, -0.25) is 4.79 Å². The number of amides is 1. The Bertz CT molecular complexity index is 658. The van der Waals surface area contributed by atoms with Gasteiger partial charge in [0.2, 0.25) is 11.0 Å². The van der Waals surface area contributed by atoms with Crippen LogP contribution in [0.5, 0.6) is 0 Å². The lowest BCUT2D eigenvalue weighted by atomic mass is 10.3. The Labute approximate surface area is 135 Å². The predicted octanol–water partition coefficient (Wildman–Crippen LogP) is 3.14. The number of hydrogen-bond acceptors (Lipinski definition) is 6. The molecule has 0 aliphatic carbocycles. The van der Waals surface area contributed by atoms with Crippen LogP contribution in [0.2, 0.25) is 0 Å². The number of anilines is 2. The number of likely N-dealkylation sites (tertiary alicyclic amines) is 1. The van der Waals surface area contributed by atoms with Gasteiger partial charge in [-0.1, -0.05) is 35.2 Å². The minimum Gasteiger partial charge on any atom is -0.342 e. The number of carbonyl (C=O) groups excluding carboxylic acids is 1. The maximum atomic E-state index is 13.5. The number of nitrogens with one attached hydrogen (secondary N) is 1. The Morgan fingerprint density at radius 3 is 2.86 bits per heavy atom. The van der Waals surface area contributed by atoms with Crippen molar-refractivity contribution < 1.29 is 9.18 Å². The van der Waals surface area contributed by atoms with Crippen LogP contribution in [0, 0.1) is 5.82 Å². The molecule has 1 N–H and O–H groups in total. The highest BCUT2D eigenvalue weighted by atomic mass is 32.2. The summed E-state index contributed by atoms with van der Waals surface area (Å²) in [4.78, 5) is 13.8. The van der Waals surface area contributed by atoms with Gasteiger partial charge in [0.05, 0.1) is 11.4 Å². The van der Waals surface area contributed by atoms with Crippen LogP contribution < -0.4 is 5.32 Å². The summed E-state index contributed by atoms with van der Waals surface area (Å²) in [6, 6.07) is 6.40. The first-order valence-corrected chi connectivity index (χ1v) is 8.78. The zero-order valence-electron chi connectivity index (χ0n) is 11.8. The van der Waals surface area contributed by atoms with Gasteiger partial charge in [-0.2, -0.15) is 0 Å². The minimum atomic E-state index is -0.337. The van der Waals surface area contributed by atoms with Gasteiger partial charge in [-0.05, 0) is 25.0 Å². The van der Waals surface area contributed by atoms with Gasteiger partial charge in [-0.15, -0.1) is 10.2 Å². The first-order chi connectivity index (χ1) is 10.7. The Morgan fingerprint density at radius 1 is 1.32 bits per heavy atom. The van der Waals surface area contributed by atoms with Gasteiger partial charge < -0.3 is 10.2 Å². The lowest BCUT2D eigenvalue weighted by molar-refractivity contribution is -0.127. The molecule has 2 aromatic rings. The average molecular weight is 338 g/mol. The van der Waals surface area contributed by atoms with E-state index in [0.717, 1.165) is 25.9 Å². The summed E-state index contributed by atoms with van der Waals surface area (Å²) in [5, 5.41) is 11.4. The molecule has 1 aliphatic heterocycles. The predicted molar refractivity (Wildman–Crippen MR) is 86.1 cm³/mol. The number of hydrogen-bond donors (Lipinski definition) is 1. The van der Waals surface area contributed by atoms with Crippen molar-refractivity contribution in [3.8, 4) is 0 Å². The van der Waals surface area contributed by atoms with E-state index in [9.17, 15) is 9.18 Å². The lowest BCUT2D eigenvalue weighted by Crippen LogP contribution is -2.29. The molecule has 0 unspecified atom stereocenters. The molecule has 3 rings (SSSR count). The topological polar surface area (TPSA) is 58.1 Å². The summed E-state index contributed by atoms with van der Waals surface area (Å²) in [6.07, 6.45) is 2.18. The van der Waals surface area contributed by atoms with Gasteiger partial charge in [0.15, 0.2) is 4.34 Å². The molecule has 1 fully saturated rings. The van der Waals surface area contributed by atoms with Gasteiger partial charge >= 0.3 is 0 Å². The summed E-state index contributed by atoms with van der Waals surface area (Å²) in [6.45, 7) is 1.71. The standard InChI is InChI=1S/C14H15FN4OS2/c15-10-5-1-2-6-11(10)16-13-17-18-14(22-13)21-9-12(20)19-7-3-4-8-19/h1-2,5-6H,3-4,7-9H2,(H,16,17). The van der Waals surface area contributed by atoms with E-state index in [2.05, 4.69) is 15.5 Å². The van der Waals surface area contributed by atoms with Crippen molar-refractivity contribution in [2.24, 2.45) is 0 Å². The molecule has 0 bridgehead atoms. The minimum absolute atomic E-state index is 0.140. The number of para-hydroxylation sites is 1. The molecule has 1 amide bonds. The second kappa shape index (κ2) is 7.06. The Kier molecular flexibility index (Phi) is 4.89. The SMILES string of the molecule is O=C(CSc1nnc(Nc2ccccc2F)s1)N1CCCC1. The second-order valence-corrected chi connectivity index (χ2v) is 7.05. The number of rotatable bonds is 5. The normalized spacial score (nSPS) is 14.3. The molecule has 5 nitrogen and oxygen atoms in total. The highest BCUT2D eigenvalue weighted by molar-refractivity contribution is 8.01. The Morgan fingerprint density at radius 2 is 2.09 bits per heavy atom. The molecule has 0 saturated carbocycles. The Balaban J connectivity index is 1.55. The quantitative estimate of drug-likeness (QED) is 0.849. The second-order valence-electron chi connectivity index (χ2n) is 4.85. The molecular formula is C14H15FN4OS2. The first-order valence-electron chi connectivity index (χ1n) is 6.98. The number of carbonyl (C=O) groups is 1. The van der Waals surface area contributed by atoms with Crippen molar-refractivity contribution in [3.63, 3.8) is 0 Å². The van der Waals surface area contributed by atoms with Gasteiger partial charge in [0, 0.05) is 13.1 Å². The van der Waals surface area contributed by atoms with Crippen molar-refractivity contribution in [1.82, 2.24) is 15.1 Å². The van der Waals surface area contributed by atoms with E-state index in [1.54, 1.807) is 18.2 Å². The van der Waals surface area contributed by atoms with Crippen molar-refractivity contribution in [3.05, 3.63) is 30.1 Å². The number of benzene rings is 1.